The zero-order valence-electron chi connectivity index (χ0n) is 19.1. The SMILES string of the molecule is COc1ccc(CCNc2nccc(-c3cccc(C(=O)NCCN4CCCC4)c3)n2)cc1. The van der Waals surface area contributed by atoms with Gasteiger partial charge in [-0.25, -0.2) is 9.97 Å². The lowest BCUT2D eigenvalue weighted by Crippen LogP contribution is -2.33. The Bertz CT molecular complexity index is 1050. The highest BCUT2D eigenvalue weighted by Crippen LogP contribution is 2.19. The van der Waals surface area contributed by atoms with E-state index in [0.29, 0.717) is 18.1 Å². The van der Waals surface area contributed by atoms with Gasteiger partial charge in [-0.15, -0.1) is 0 Å². The highest BCUT2D eigenvalue weighted by atomic mass is 16.5. The molecule has 33 heavy (non-hydrogen) atoms. The van der Waals surface area contributed by atoms with Gasteiger partial charge in [0.15, 0.2) is 0 Å². The van der Waals surface area contributed by atoms with Crippen molar-refractivity contribution in [1.29, 1.82) is 0 Å². The molecule has 4 rings (SSSR count). The number of methoxy groups -OCH3 is 1. The lowest BCUT2D eigenvalue weighted by atomic mass is 10.1. The summed E-state index contributed by atoms with van der Waals surface area (Å²) in [7, 11) is 1.67. The van der Waals surface area contributed by atoms with Crippen LogP contribution in [0, 0.1) is 0 Å². The molecule has 2 N–H and O–H groups in total. The Kier molecular flexibility index (Phi) is 7.87. The van der Waals surface area contributed by atoms with E-state index >= 15 is 0 Å². The number of carbonyl (C=O) groups is 1. The van der Waals surface area contributed by atoms with Gasteiger partial charge >= 0.3 is 0 Å². The minimum absolute atomic E-state index is 0.0528. The van der Waals surface area contributed by atoms with Gasteiger partial charge in [-0.1, -0.05) is 24.3 Å². The second-order valence-electron chi connectivity index (χ2n) is 8.18. The summed E-state index contributed by atoms with van der Waals surface area (Å²) < 4.78 is 5.20. The smallest absolute Gasteiger partial charge is 0.251 e. The maximum atomic E-state index is 12.6. The zero-order valence-corrected chi connectivity index (χ0v) is 19.1. The number of carbonyl (C=O) groups excluding carboxylic acids is 1. The number of anilines is 1. The largest absolute Gasteiger partial charge is 0.497 e. The Balaban J connectivity index is 1.32. The van der Waals surface area contributed by atoms with Crippen molar-refractivity contribution in [2.45, 2.75) is 19.3 Å². The average Bonchev–Trinajstić information content (AvgIpc) is 3.38. The molecule has 1 saturated heterocycles. The quantitative estimate of drug-likeness (QED) is 0.496. The Labute approximate surface area is 195 Å². The summed E-state index contributed by atoms with van der Waals surface area (Å²) in [6.07, 6.45) is 5.10. The van der Waals surface area contributed by atoms with Crippen LogP contribution in [0.1, 0.15) is 28.8 Å². The summed E-state index contributed by atoms with van der Waals surface area (Å²) in [5.41, 5.74) is 3.52. The molecule has 0 radical (unpaired) electrons. The lowest BCUT2D eigenvalue weighted by molar-refractivity contribution is 0.0950. The zero-order chi connectivity index (χ0) is 22.9. The number of rotatable bonds is 10. The van der Waals surface area contributed by atoms with Gasteiger partial charge in [0.25, 0.3) is 5.91 Å². The van der Waals surface area contributed by atoms with Crippen LogP contribution in [0.5, 0.6) is 5.75 Å². The fraction of sp³-hybridized carbons (Fsp3) is 0.346. The molecular formula is C26H31N5O2. The van der Waals surface area contributed by atoms with Crippen LogP contribution in [-0.4, -0.2) is 60.6 Å². The normalized spacial score (nSPS) is 13.6. The minimum atomic E-state index is -0.0528. The maximum absolute atomic E-state index is 12.6. The Morgan fingerprint density at radius 2 is 1.88 bits per heavy atom. The van der Waals surface area contributed by atoms with Gasteiger partial charge < -0.3 is 20.3 Å². The number of hydrogen-bond donors (Lipinski definition) is 2. The standard InChI is InChI=1S/C26H31N5O2/c1-33-23-9-7-20(8-10-23)11-13-28-26-29-14-12-24(30-26)21-5-4-6-22(19-21)25(32)27-15-18-31-16-2-3-17-31/h4-10,12,14,19H,2-3,11,13,15-18H2,1H3,(H,27,32)(H,28,29,30). The monoisotopic (exact) mass is 445 g/mol. The summed E-state index contributed by atoms with van der Waals surface area (Å²) in [5, 5.41) is 6.32. The van der Waals surface area contributed by atoms with E-state index < -0.39 is 0 Å². The van der Waals surface area contributed by atoms with E-state index in [9.17, 15) is 4.79 Å². The molecule has 7 heteroatoms. The van der Waals surface area contributed by atoms with E-state index in [1.165, 1.54) is 18.4 Å². The van der Waals surface area contributed by atoms with Crippen molar-refractivity contribution in [3.8, 4) is 17.0 Å². The number of benzene rings is 2. The number of hydrogen-bond acceptors (Lipinski definition) is 6. The molecule has 1 amide bonds. The van der Waals surface area contributed by atoms with Gasteiger partial charge in [-0.2, -0.15) is 0 Å². The second-order valence-corrected chi connectivity index (χ2v) is 8.18. The highest BCUT2D eigenvalue weighted by Gasteiger charge is 2.12. The van der Waals surface area contributed by atoms with E-state index in [-0.39, 0.29) is 5.91 Å². The number of ether oxygens (including phenoxy) is 1. The van der Waals surface area contributed by atoms with E-state index in [1.807, 2.05) is 42.5 Å². The number of nitrogens with zero attached hydrogens (tertiary/aromatic N) is 3. The van der Waals surface area contributed by atoms with Crippen LogP contribution < -0.4 is 15.4 Å². The summed E-state index contributed by atoms with van der Waals surface area (Å²) in [4.78, 5) is 24.0. The van der Waals surface area contributed by atoms with Crippen molar-refractivity contribution in [3.63, 3.8) is 0 Å². The Morgan fingerprint density at radius 1 is 1.06 bits per heavy atom. The van der Waals surface area contributed by atoms with Crippen LogP contribution in [0.2, 0.25) is 0 Å². The van der Waals surface area contributed by atoms with Gasteiger partial charge in [0.2, 0.25) is 5.95 Å². The fourth-order valence-corrected chi connectivity index (χ4v) is 3.97. The first-order chi connectivity index (χ1) is 16.2. The third kappa shape index (κ3) is 6.52. The first-order valence-corrected chi connectivity index (χ1v) is 11.5. The molecule has 1 fully saturated rings. The van der Waals surface area contributed by atoms with Gasteiger partial charge in [-0.3, -0.25) is 4.79 Å². The number of nitrogens with one attached hydrogen (secondary N) is 2. The number of amides is 1. The number of likely N-dealkylation sites (tertiary alicyclic amines) is 1. The molecule has 1 aromatic heterocycles. The summed E-state index contributed by atoms with van der Waals surface area (Å²) in [6.45, 7) is 4.56. The van der Waals surface area contributed by atoms with Crippen molar-refractivity contribution < 1.29 is 9.53 Å². The summed E-state index contributed by atoms with van der Waals surface area (Å²) in [5.74, 6) is 1.37. The molecule has 2 heterocycles. The predicted molar refractivity (Wildman–Crippen MR) is 131 cm³/mol. The van der Waals surface area contributed by atoms with Crippen LogP contribution in [0.25, 0.3) is 11.3 Å². The molecule has 0 aliphatic carbocycles. The minimum Gasteiger partial charge on any atom is -0.497 e. The summed E-state index contributed by atoms with van der Waals surface area (Å²) >= 11 is 0. The molecule has 7 nitrogen and oxygen atoms in total. The molecule has 3 aromatic rings. The predicted octanol–water partition coefficient (Wildman–Crippen LogP) is 3.63. The van der Waals surface area contributed by atoms with Crippen molar-refractivity contribution in [2.24, 2.45) is 0 Å². The fourth-order valence-electron chi connectivity index (χ4n) is 3.97. The van der Waals surface area contributed by atoms with Gasteiger partial charge in [0, 0.05) is 37.0 Å². The lowest BCUT2D eigenvalue weighted by Gasteiger charge is -2.14. The summed E-state index contributed by atoms with van der Waals surface area (Å²) in [6, 6.07) is 17.5. The van der Waals surface area contributed by atoms with Crippen molar-refractivity contribution in [1.82, 2.24) is 20.2 Å². The topological polar surface area (TPSA) is 79.4 Å². The van der Waals surface area contributed by atoms with E-state index in [2.05, 4.69) is 37.6 Å². The molecule has 0 atom stereocenters. The van der Waals surface area contributed by atoms with Crippen LogP contribution in [0.15, 0.2) is 60.8 Å². The highest BCUT2D eigenvalue weighted by molar-refractivity contribution is 5.95. The average molecular weight is 446 g/mol. The van der Waals surface area contributed by atoms with Crippen LogP contribution >= 0.6 is 0 Å². The van der Waals surface area contributed by atoms with E-state index in [0.717, 1.165) is 49.6 Å². The van der Waals surface area contributed by atoms with Crippen molar-refractivity contribution in [2.75, 3.05) is 45.2 Å². The molecule has 2 aromatic carbocycles. The number of aromatic nitrogens is 2. The maximum Gasteiger partial charge on any atom is 0.251 e. The Morgan fingerprint density at radius 3 is 2.67 bits per heavy atom. The molecule has 0 spiro atoms. The van der Waals surface area contributed by atoms with Gasteiger partial charge in [0.1, 0.15) is 5.75 Å². The van der Waals surface area contributed by atoms with Crippen LogP contribution in [-0.2, 0) is 6.42 Å². The molecule has 0 saturated carbocycles. The third-order valence-corrected chi connectivity index (χ3v) is 5.84. The van der Waals surface area contributed by atoms with Crippen LogP contribution in [0.4, 0.5) is 5.95 Å². The second kappa shape index (κ2) is 11.4. The van der Waals surface area contributed by atoms with Crippen molar-refractivity contribution >= 4 is 11.9 Å². The van der Waals surface area contributed by atoms with E-state index in [1.54, 1.807) is 13.3 Å². The first-order valence-electron chi connectivity index (χ1n) is 11.5. The van der Waals surface area contributed by atoms with Crippen LogP contribution in [0.3, 0.4) is 0 Å². The van der Waals surface area contributed by atoms with Crippen molar-refractivity contribution in [3.05, 3.63) is 71.9 Å². The van der Waals surface area contributed by atoms with Gasteiger partial charge in [-0.05, 0) is 68.2 Å². The molecular weight excluding hydrogens is 414 g/mol. The molecule has 0 unspecified atom stereocenters. The Hall–Kier alpha value is -3.45. The first kappa shape index (κ1) is 22.7. The molecule has 1 aliphatic heterocycles. The molecule has 1 aliphatic rings. The third-order valence-electron chi connectivity index (χ3n) is 5.84. The van der Waals surface area contributed by atoms with E-state index in [4.69, 9.17) is 4.74 Å². The molecule has 172 valence electrons. The molecule has 0 bridgehead atoms. The van der Waals surface area contributed by atoms with Gasteiger partial charge in [0.05, 0.1) is 12.8 Å².